The molecule has 2 aromatic rings. The predicted octanol–water partition coefficient (Wildman–Crippen LogP) is 4.80. The molecule has 8 atom stereocenters. The summed E-state index contributed by atoms with van der Waals surface area (Å²) in [6.07, 6.45) is -2.71. The second-order valence-corrected chi connectivity index (χ2v) is 18.9. The summed E-state index contributed by atoms with van der Waals surface area (Å²) in [6, 6.07) is 19.2. The van der Waals surface area contributed by atoms with Crippen molar-refractivity contribution in [3.8, 4) is 0 Å². The Kier molecular flexibility index (Phi) is 15.1. The van der Waals surface area contributed by atoms with Gasteiger partial charge in [0.25, 0.3) is 0 Å². The van der Waals surface area contributed by atoms with E-state index in [-0.39, 0.29) is 30.4 Å². The molecule has 2 amide bonds. The summed E-state index contributed by atoms with van der Waals surface area (Å²) in [5, 5.41) is 16.6. The van der Waals surface area contributed by atoms with Crippen LogP contribution in [0, 0.1) is 0 Å². The molecular weight excluding hydrogens is 833 g/mol. The number of alkyl carbamates (subject to hydrolysis) is 2. The SMILES string of the molecule is CC1(NC(=O)OCc2ccccc2)CCN(C[C@H]2O[C@@H]3OC(C)(C)O[C@@H]3[C@@H]2O)CC1.COC(=O)O[C@H]1[C@H]2OC(C)(C)O[C@H]2O[C@@H]1CN1CCC(C)(NC(=O)OCc2ccccc2)CC1. The van der Waals surface area contributed by atoms with Crippen molar-refractivity contribution < 1.29 is 66.9 Å². The second-order valence-electron chi connectivity index (χ2n) is 18.9. The third-order valence-electron chi connectivity index (χ3n) is 12.6. The van der Waals surface area contributed by atoms with Gasteiger partial charge in [0.1, 0.15) is 37.6 Å². The van der Waals surface area contributed by atoms with Crippen LogP contribution in [-0.4, -0.2) is 151 Å². The number of hydrogen-bond donors (Lipinski definition) is 3. The molecule has 6 aliphatic heterocycles. The summed E-state index contributed by atoms with van der Waals surface area (Å²) in [5.74, 6) is -1.54. The van der Waals surface area contributed by atoms with Gasteiger partial charge in [-0.15, -0.1) is 0 Å². The summed E-state index contributed by atoms with van der Waals surface area (Å²) >= 11 is 0. The van der Waals surface area contributed by atoms with Crippen LogP contribution in [0.4, 0.5) is 14.4 Å². The van der Waals surface area contributed by atoms with Crippen molar-refractivity contribution in [3.63, 3.8) is 0 Å². The monoisotopic (exact) mass is 898 g/mol. The number of fused-ring (bicyclic) bond motifs is 2. The fraction of sp³-hybridized carbons (Fsp3) is 0.674. The van der Waals surface area contributed by atoms with Gasteiger partial charge in [-0.1, -0.05) is 60.7 Å². The third kappa shape index (κ3) is 12.6. The molecule has 2 aromatic carbocycles. The molecule has 0 bridgehead atoms. The van der Waals surface area contributed by atoms with E-state index in [9.17, 15) is 19.5 Å². The Morgan fingerprint density at radius 1 is 0.641 bits per heavy atom. The average molecular weight is 899 g/mol. The van der Waals surface area contributed by atoms with Crippen LogP contribution in [0.5, 0.6) is 0 Å². The molecule has 0 radical (unpaired) electrons. The Bertz CT molecular complexity index is 1860. The fourth-order valence-corrected chi connectivity index (χ4v) is 8.93. The number of aliphatic hydroxyl groups excluding tert-OH is 1. The lowest BCUT2D eigenvalue weighted by Crippen LogP contribution is -2.55. The highest BCUT2D eigenvalue weighted by atomic mass is 16.9. The van der Waals surface area contributed by atoms with Crippen molar-refractivity contribution in [2.45, 2.75) is 152 Å². The van der Waals surface area contributed by atoms with Crippen molar-refractivity contribution in [1.29, 1.82) is 0 Å². The van der Waals surface area contributed by atoms with Crippen molar-refractivity contribution in [3.05, 3.63) is 71.8 Å². The topological polar surface area (TPSA) is 194 Å². The zero-order chi connectivity index (χ0) is 45.7. The van der Waals surface area contributed by atoms with Gasteiger partial charge < -0.3 is 72.9 Å². The van der Waals surface area contributed by atoms with Crippen LogP contribution in [0.3, 0.4) is 0 Å². The van der Waals surface area contributed by atoms with Gasteiger partial charge in [0.2, 0.25) is 0 Å². The van der Waals surface area contributed by atoms with Crippen LogP contribution in [0.25, 0.3) is 0 Å². The van der Waals surface area contributed by atoms with Crippen LogP contribution >= 0.6 is 0 Å². The van der Waals surface area contributed by atoms with E-state index in [1.165, 1.54) is 7.11 Å². The summed E-state index contributed by atoms with van der Waals surface area (Å²) in [7, 11) is 1.27. The molecule has 3 N–H and O–H groups in total. The number of carbonyl (C=O) groups excluding carboxylic acids is 3. The lowest BCUT2D eigenvalue weighted by Gasteiger charge is -2.40. The van der Waals surface area contributed by atoms with Crippen LogP contribution in [0.15, 0.2) is 60.7 Å². The number of carbonyl (C=O) groups is 3. The van der Waals surface area contributed by atoms with Crippen LogP contribution in [0.1, 0.15) is 78.4 Å². The van der Waals surface area contributed by atoms with Gasteiger partial charge in [-0.25, -0.2) is 14.4 Å². The molecule has 64 heavy (non-hydrogen) atoms. The Labute approximate surface area is 375 Å². The summed E-state index contributed by atoms with van der Waals surface area (Å²) in [5.41, 5.74) is 1.23. The number of nitrogens with one attached hydrogen (secondary N) is 2. The van der Waals surface area contributed by atoms with E-state index in [2.05, 4.69) is 25.2 Å². The first kappa shape index (κ1) is 47.8. The van der Waals surface area contributed by atoms with Gasteiger partial charge in [-0.2, -0.15) is 0 Å². The first-order chi connectivity index (χ1) is 30.4. The second kappa shape index (κ2) is 20.2. The molecule has 6 fully saturated rings. The first-order valence-corrected chi connectivity index (χ1v) is 22.3. The number of hydrogen-bond acceptors (Lipinski definition) is 16. The molecule has 0 unspecified atom stereocenters. The van der Waals surface area contributed by atoms with Crippen molar-refractivity contribution >= 4 is 18.3 Å². The maximum Gasteiger partial charge on any atom is 0.508 e. The average Bonchev–Trinajstić information content (AvgIpc) is 3.93. The molecule has 0 aliphatic carbocycles. The fourth-order valence-electron chi connectivity index (χ4n) is 8.93. The smallest absolute Gasteiger partial charge is 0.445 e. The maximum absolute atomic E-state index is 12.3. The molecule has 6 aliphatic rings. The van der Waals surface area contributed by atoms with E-state index in [0.29, 0.717) is 13.1 Å². The van der Waals surface area contributed by atoms with E-state index in [1.54, 1.807) is 13.8 Å². The molecule has 6 saturated heterocycles. The summed E-state index contributed by atoms with van der Waals surface area (Å²) in [4.78, 5) is 40.9. The molecule has 0 saturated carbocycles. The van der Waals surface area contributed by atoms with Gasteiger partial charge in [0, 0.05) is 50.3 Å². The highest BCUT2D eigenvalue weighted by Gasteiger charge is 2.57. The van der Waals surface area contributed by atoms with Gasteiger partial charge in [0.05, 0.1) is 7.11 Å². The Morgan fingerprint density at radius 2 is 1.06 bits per heavy atom. The predicted molar refractivity (Wildman–Crippen MR) is 228 cm³/mol. The van der Waals surface area contributed by atoms with Crippen molar-refractivity contribution in [1.82, 2.24) is 20.4 Å². The number of nitrogens with zero attached hydrogens (tertiary/aromatic N) is 2. The number of rotatable bonds is 11. The number of amides is 2. The number of benzene rings is 2. The van der Waals surface area contributed by atoms with Crippen LogP contribution in [-0.2, 0) is 60.6 Å². The van der Waals surface area contributed by atoms with Crippen LogP contribution < -0.4 is 10.6 Å². The standard InChI is InChI=1S/C24H34N2O8.C22H32N2O6/c1-23(2)33-19-18(32-22(28)29-4)17(31-20(19)34-23)14-26-12-10-24(3,11-13-26)25-21(27)30-15-16-8-6-5-7-9-16;1-21(2)29-18-17(25)16(28-19(18)30-21)13-24-11-9-22(3,10-12-24)23-20(26)27-14-15-7-5-4-6-8-15/h5-9,17-20H,10-15H2,1-4H3,(H,25,27);4-8,16-19,25H,9-14H2,1-3H3,(H,23,26)/t17-,18-,19-,20-;16-,17-,18-,19-/m11/s1. The number of methoxy groups -OCH3 is 1. The minimum atomic E-state index is -0.814. The molecule has 8 rings (SSSR count). The highest BCUT2D eigenvalue weighted by Crippen LogP contribution is 2.40. The highest BCUT2D eigenvalue weighted by molar-refractivity contribution is 5.68. The van der Waals surface area contributed by atoms with Gasteiger partial charge in [-0.05, 0) is 78.4 Å². The lowest BCUT2D eigenvalue weighted by molar-refractivity contribution is -0.217. The van der Waals surface area contributed by atoms with Crippen molar-refractivity contribution in [2.75, 3.05) is 46.4 Å². The molecule has 0 spiro atoms. The zero-order valence-corrected chi connectivity index (χ0v) is 38.0. The third-order valence-corrected chi connectivity index (χ3v) is 12.6. The molecule has 0 aromatic heterocycles. The number of likely N-dealkylation sites (tertiary alicyclic amines) is 2. The zero-order valence-electron chi connectivity index (χ0n) is 38.0. The van der Waals surface area contributed by atoms with Crippen molar-refractivity contribution in [2.24, 2.45) is 0 Å². The Balaban J connectivity index is 0.000000193. The Morgan fingerprint density at radius 3 is 1.52 bits per heavy atom. The Hall–Kier alpha value is -4.11. The van der Waals surface area contributed by atoms with Gasteiger partial charge >= 0.3 is 18.3 Å². The summed E-state index contributed by atoms with van der Waals surface area (Å²) < 4.78 is 56.1. The maximum atomic E-state index is 12.3. The lowest BCUT2D eigenvalue weighted by atomic mass is 9.89. The van der Waals surface area contributed by atoms with Crippen LogP contribution in [0.2, 0.25) is 0 Å². The summed E-state index contributed by atoms with van der Waals surface area (Å²) in [6.45, 7) is 16.0. The normalized spacial score (nSPS) is 31.1. The molecule has 18 heteroatoms. The number of ether oxygens (including phenoxy) is 10. The van der Waals surface area contributed by atoms with E-state index < -0.39 is 73.0 Å². The molecule has 18 nitrogen and oxygen atoms in total. The number of aliphatic hydroxyl groups is 1. The molecule has 354 valence electrons. The van der Waals surface area contributed by atoms with Gasteiger partial charge in [-0.3, -0.25) is 0 Å². The molecular formula is C46H66N4O14. The van der Waals surface area contributed by atoms with E-state index in [0.717, 1.165) is 63.0 Å². The largest absolute Gasteiger partial charge is 0.508 e. The minimum absolute atomic E-state index is 0.235. The minimum Gasteiger partial charge on any atom is -0.445 e. The van der Waals surface area contributed by atoms with Gasteiger partial charge in [0.15, 0.2) is 36.4 Å². The van der Waals surface area contributed by atoms with E-state index in [1.807, 2.05) is 88.4 Å². The van der Waals surface area contributed by atoms with E-state index >= 15 is 0 Å². The number of piperidine rings is 2. The molecule has 6 heterocycles. The first-order valence-electron chi connectivity index (χ1n) is 22.3. The quantitative estimate of drug-likeness (QED) is 0.206. The van der Waals surface area contributed by atoms with E-state index in [4.69, 9.17) is 42.6 Å².